The van der Waals surface area contributed by atoms with Crippen LogP contribution in [0.3, 0.4) is 0 Å². The highest BCUT2D eigenvalue weighted by molar-refractivity contribution is 5.92. The topological polar surface area (TPSA) is 69.5 Å². The largest absolute Gasteiger partial charge is 0.497 e. The molecule has 1 saturated heterocycles. The molecular formula is C21H22N4O3. The molecule has 0 radical (unpaired) electrons. The molecule has 0 bridgehead atoms. The highest BCUT2D eigenvalue weighted by Crippen LogP contribution is 2.18. The standard InChI is InChI=1S/C21H22N4O3/c1-27-19-9-5-8-17(13-19)25-14-20(22-23-25)21(26)24-10-11-28-15-18(24)12-16-6-3-2-4-7-16/h2-9,13-14,18H,10-12,15H2,1H3. The van der Waals surface area contributed by atoms with Gasteiger partial charge in [0.05, 0.1) is 38.2 Å². The van der Waals surface area contributed by atoms with E-state index in [1.165, 1.54) is 5.56 Å². The lowest BCUT2D eigenvalue weighted by Crippen LogP contribution is -2.49. The SMILES string of the molecule is COc1cccc(-n2cc(C(=O)N3CCOCC3Cc3ccccc3)nn2)c1. The third kappa shape index (κ3) is 3.89. The van der Waals surface area contributed by atoms with Crippen LogP contribution in [0.5, 0.6) is 5.75 Å². The summed E-state index contributed by atoms with van der Waals surface area (Å²) < 4.78 is 12.5. The number of methoxy groups -OCH3 is 1. The minimum atomic E-state index is -0.127. The van der Waals surface area contributed by atoms with Gasteiger partial charge in [-0.1, -0.05) is 41.6 Å². The van der Waals surface area contributed by atoms with E-state index in [-0.39, 0.29) is 11.9 Å². The summed E-state index contributed by atoms with van der Waals surface area (Å²) >= 11 is 0. The summed E-state index contributed by atoms with van der Waals surface area (Å²) in [6, 6.07) is 17.6. The molecule has 1 aliphatic heterocycles. The second-order valence-electron chi connectivity index (χ2n) is 6.67. The molecule has 1 atom stereocenters. The molecule has 7 nitrogen and oxygen atoms in total. The first kappa shape index (κ1) is 18.2. The van der Waals surface area contributed by atoms with Gasteiger partial charge in [0.1, 0.15) is 5.75 Å². The monoisotopic (exact) mass is 378 g/mol. The quantitative estimate of drug-likeness (QED) is 0.682. The predicted molar refractivity (Wildman–Crippen MR) is 104 cm³/mol. The van der Waals surface area contributed by atoms with Crippen LogP contribution in [0.25, 0.3) is 5.69 Å². The first-order chi connectivity index (χ1) is 13.7. The Morgan fingerprint density at radius 2 is 2.07 bits per heavy atom. The summed E-state index contributed by atoms with van der Waals surface area (Å²) in [6.45, 7) is 1.59. The average Bonchev–Trinajstić information content (AvgIpc) is 3.25. The predicted octanol–water partition coefficient (Wildman–Crippen LogP) is 2.36. The maximum absolute atomic E-state index is 13.1. The van der Waals surface area contributed by atoms with Crippen molar-refractivity contribution in [1.82, 2.24) is 19.9 Å². The number of rotatable bonds is 5. The average molecular weight is 378 g/mol. The van der Waals surface area contributed by atoms with Gasteiger partial charge in [-0.25, -0.2) is 4.68 Å². The van der Waals surface area contributed by atoms with Crippen LogP contribution < -0.4 is 4.74 Å². The normalized spacial score (nSPS) is 16.8. The Morgan fingerprint density at radius 1 is 1.21 bits per heavy atom. The number of carbonyl (C=O) groups is 1. The number of aromatic nitrogens is 3. The van der Waals surface area contributed by atoms with Gasteiger partial charge in [0, 0.05) is 12.6 Å². The van der Waals surface area contributed by atoms with E-state index in [2.05, 4.69) is 22.4 Å². The second-order valence-corrected chi connectivity index (χ2v) is 6.67. The fourth-order valence-corrected chi connectivity index (χ4v) is 3.37. The Morgan fingerprint density at radius 3 is 2.89 bits per heavy atom. The number of carbonyl (C=O) groups excluding carboxylic acids is 1. The van der Waals surface area contributed by atoms with E-state index in [1.807, 2.05) is 47.4 Å². The fourth-order valence-electron chi connectivity index (χ4n) is 3.37. The lowest BCUT2D eigenvalue weighted by Gasteiger charge is -2.35. The van der Waals surface area contributed by atoms with Gasteiger partial charge in [-0.3, -0.25) is 4.79 Å². The minimum Gasteiger partial charge on any atom is -0.497 e. The molecular weight excluding hydrogens is 356 g/mol. The Labute approximate surface area is 163 Å². The molecule has 3 aromatic rings. The number of hydrogen-bond donors (Lipinski definition) is 0. The van der Waals surface area contributed by atoms with E-state index in [0.717, 1.165) is 17.9 Å². The van der Waals surface area contributed by atoms with Crippen molar-refractivity contribution in [3.63, 3.8) is 0 Å². The van der Waals surface area contributed by atoms with Crippen LogP contribution in [0.1, 0.15) is 16.1 Å². The van der Waals surface area contributed by atoms with Crippen LogP contribution in [-0.4, -0.2) is 58.7 Å². The van der Waals surface area contributed by atoms with Crippen LogP contribution in [0.15, 0.2) is 60.8 Å². The van der Waals surface area contributed by atoms with Crippen LogP contribution in [-0.2, 0) is 11.2 Å². The van der Waals surface area contributed by atoms with E-state index < -0.39 is 0 Å². The van der Waals surface area contributed by atoms with Crippen molar-refractivity contribution < 1.29 is 14.3 Å². The summed E-state index contributed by atoms with van der Waals surface area (Å²) in [5, 5.41) is 8.22. The summed E-state index contributed by atoms with van der Waals surface area (Å²) in [7, 11) is 1.61. The molecule has 1 aromatic heterocycles. The zero-order valence-electron chi connectivity index (χ0n) is 15.7. The van der Waals surface area contributed by atoms with Crippen molar-refractivity contribution in [3.8, 4) is 11.4 Å². The van der Waals surface area contributed by atoms with Crippen LogP contribution >= 0.6 is 0 Å². The smallest absolute Gasteiger partial charge is 0.276 e. The number of ether oxygens (including phenoxy) is 2. The minimum absolute atomic E-state index is 0.0226. The Bertz CT molecular complexity index is 942. The van der Waals surface area contributed by atoms with Crippen molar-refractivity contribution in [1.29, 1.82) is 0 Å². The number of nitrogens with zero attached hydrogens (tertiary/aromatic N) is 4. The van der Waals surface area contributed by atoms with E-state index in [0.29, 0.717) is 25.5 Å². The van der Waals surface area contributed by atoms with Crippen molar-refractivity contribution in [2.24, 2.45) is 0 Å². The second kappa shape index (κ2) is 8.22. The number of morpholine rings is 1. The van der Waals surface area contributed by atoms with Crippen molar-refractivity contribution >= 4 is 5.91 Å². The van der Waals surface area contributed by atoms with Crippen LogP contribution in [0, 0.1) is 0 Å². The number of amides is 1. The molecule has 0 spiro atoms. The zero-order chi connectivity index (χ0) is 19.3. The molecule has 28 heavy (non-hydrogen) atoms. The molecule has 0 aliphatic carbocycles. The summed E-state index contributed by atoms with van der Waals surface area (Å²) in [5.74, 6) is 0.593. The Hall–Kier alpha value is -3.19. The van der Waals surface area contributed by atoms with E-state index in [1.54, 1.807) is 18.0 Å². The van der Waals surface area contributed by atoms with Gasteiger partial charge in [0.15, 0.2) is 5.69 Å². The van der Waals surface area contributed by atoms with Crippen molar-refractivity contribution in [2.75, 3.05) is 26.9 Å². The molecule has 2 aromatic carbocycles. The maximum atomic E-state index is 13.1. The van der Waals surface area contributed by atoms with Gasteiger partial charge in [0.25, 0.3) is 5.91 Å². The van der Waals surface area contributed by atoms with Gasteiger partial charge in [-0.2, -0.15) is 0 Å². The lowest BCUT2D eigenvalue weighted by atomic mass is 10.0. The molecule has 1 fully saturated rings. The molecule has 0 N–H and O–H groups in total. The molecule has 4 rings (SSSR count). The first-order valence-corrected chi connectivity index (χ1v) is 9.24. The van der Waals surface area contributed by atoms with Crippen LogP contribution in [0.4, 0.5) is 0 Å². The third-order valence-electron chi connectivity index (χ3n) is 4.83. The van der Waals surface area contributed by atoms with Gasteiger partial charge < -0.3 is 14.4 Å². The number of benzene rings is 2. The van der Waals surface area contributed by atoms with Crippen molar-refractivity contribution in [2.45, 2.75) is 12.5 Å². The highest BCUT2D eigenvalue weighted by Gasteiger charge is 2.29. The lowest BCUT2D eigenvalue weighted by molar-refractivity contribution is -0.00195. The molecule has 7 heteroatoms. The Balaban J connectivity index is 1.53. The van der Waals surface area contributed by atoms with E-state index in [4.69, 9.17) is 9.47 Å². The summed E-state index contributed by atoms with van der Waals surface area (Å²) in [5.41, 5.74) is 2.28. The van der Waals surface area contributed by atoms with Crippen LogP contribution in [0.2, 0.25) is 0 Å². The molecule has 1 unspecified atom stereocenters. The summed E-state index contributed by atoms with van der Waals surface area (Å²) in [4.78, 5) is 14.9. The maximum Gasteiger partial charge on any atom is 0.276 e. The first-order valence-electron chi connectivity index (χ1n) is 9.24. The van der Waals surface area contributed by atoms with E-state index in [9.17, 15) is 4.79 Å². The van der Waals surface area contributed by atoms with Gasteiger partial charge in [-0.15, -0.1) is 5.10 Å². The summed E-state index contributed by atoms with van der Waals surface area (Å²) in [6.07, 6.45) is 2.41. The zero-order valence-corrected chi connectivity index (χ0v) is 15.7. The number of hydrogen-bond acceptors (Lipinski definition) is 5. The van der Waals surface area contributed by atoms with Gasteiger partial charge >= 0.3 is 0 Å². The molecule has 144 valence electrons. The molecule has 1 aliphatic rings. The molecule has 0 saturated carbocycles. The third-order valence-corrected chi connectivity index (χ3v) is 4.83. The molecule has 1 amide bonds. The van der Waals surface area contributed by atoms with Crippen molar-refractivity contribution in [3.05, 3.63) is 72.1 Å². The van der Waals surface area contributed by atoms with E-state index >= 15 is 0 Å². The molecule has 2 heterocycles. The van der Waals surface area contributed by atoms with Gasteiger partial charge in [0.2, 0.25) is 0 Å². The van der Waals surface area contributed by atoms with Gasteiger partial charge in [-0.05, 0) is 24.1 Å². The Kier molecular flexibility index (Phi) is 5.34. The highest BCUT2D eigenvalue weighted by atomic mass is 16.5. The fraction of sp³-hybridized carbons (Fsp3) is 0.286.